The van der Waals surface area contributed by atoms with Crippen LogP contribution in [0.1, 0.15) is 12.5 Å². The van der Waals surface area contributed by atoms with E-state index in [-0.39, 0.29) is 0 Å². The Kier molecular flexibility index (Phi) is 4.13. The van der Waals surface area contributed by atoms with Crippen molar-refractivity contribution in [3.63, 3.8) is 0 Å². The molecule has 4 heteroatoms. The van der Waals surface area contributed by atoms with Gasteiger partial charge in [0.15, 0.2) is 0 Å². The highest BCUT2D eigenvalue weighted by atomic mass is 79.9. The van der Waals surface area contributed by atoms with Crippen LogP contribution in [0.2, 0.25) is 5.02 Å². The number of aryl methyl sites for hydroxylation is 1. The molecule has 0 aliphatic carbocycles. The average Bonchev–Trinajstić information content (AvgIpc) is 2.76. The average molecular weight is 314 g/mol. The van der Waals surface area contributed by atoms with Crippen molar-refractivity contribution >= 4 is 33.2 Å². The lowest BCUT2D eigenvalue weighted by molar-refractivity contribution is 0.766. The van der Waals surface area contributed by atoms with E-state index in [4.69, 9.17) is 11.6 Å². The van der Waals surface area contributed by atoms with Gasteiger partial charge in [0.2, 0.25) is 0 Å². The first kappa shape index (κ1) is 12.5. The van der Waals surface area contributed by atoms with E-state index in [0.29, 0.717) is 0 Å². The number of rotatable bonds is 4. The van der Waals surface area contributed by atoms with Crippen LogP contribution in [0.15, 0.2) is 41.1 Å². The number of nitrogens with one attached hydrogen (secondary N) is 1. The van der Waals surface area contributed by atoms with Crippen molar-refractivity contribution in [3.05, 3.63) is 51.7 Å². The molecule has 0 unspecified atom stereocenters. The normalized spacial score (nSPS) is 10.5. The van der Waals surface area contributed by atoms with Gasteiger partial charge >= 0.3 is 0 Å². The zero-order chi connectivity index (χ0) is 12.3. The van der Waals surface area contributed by atoms with Gasteiger partial charge in [-0.25, -0.2) is 0 Å². The fraction of sp³-hybridized carbons (Fsp3) is 0.231. The topological polar surface area (TPSA) is 17.0 Å². The third-order valence-electron chi connectivity index (χ3n) is 2.59. The predicted molar refractivity (Wildman–Crippen MR) is 76.6 cm³/mol. The van der Waals surface area contributed by atoms with E-state index >= 15 is 0 Å². The van der Waals surface area contributed by atoms with E-state index in [1.807, 2.05) is 18.2 Å². The van der Waals surface area contributed by atoms with E-state index in [1.54, 1.807) is 0 Å². The molecular weight excluding hydrogens is 300 g/mol. The molecule has 17 heavy (non-hydrogen) atoms. The molecule has 0 amide bonds. The first-order chi connectivity index (χ1) is 8.19. The first-order valence-electron chi connectivity index (χ1n) is 5.52. The van der Waals surface area contributed by atoms with E-state index < -0.39 is 0 Å². The van der Waals surface area contributed by atoms with Crippen molar-refractivity contribution in [2.45, 2.75) is 20.0 Å². The van der Waals surface area contributed by atoms with Crippen LogP contribution in [0, 0.1) is 0 Å². The van der Waals surface area contributed by atoms with Gasteiger partial charge in [-0.2, -0.15) is 0 Å². The highest BCUT2D eigenvalue weighted by molar-refractivity contribution is 9.10. The Bertz CT molecular complexity index is 508. The van der Waals surface area contributed by atoms with Crippen LogP contribution in [-0.2, 0) is 13.1 Å². The second-order valence-electron chi connectivity index (χ2n) is 3.83. The molecule has 0 saturated heterocycles. The van der Waals surface area contributed by atoms with Gasteiger partial charge in [-0.1, -0.05) is 27.5 Å². The minimum Gasteiger partial charge on any atom is -0.380 e. The quantitative estimate of drug-likeness (QED) is 0.877. The fourth-order valence-corrected chi connectivity index (χ4v) is 2.36. The third kappa shape index (κ3) is 3.27. The summed E-state index contributed by atoms with van der Waals surface area (Å²) in [6, 6.07) is 7.96. The maximum absolute atomic E-state index is 6.13. The molecule has 0 atom stereocenters. The molecule has 2 aromatic rings. The predicted octanol–water partition coefficient (Wildman–Crippen LogP) is 4.54. The fourth-order valence-electron chi connectivity index (χ4n) is 1.62. The lowest BCUT2D eigenvalue weighted by Crippen LogP contribution is -1.99. The van der Waals surface area contributed by atoms with Crippen LogP contribution in [-0.4, -0.2) is 4.57 Å². The molecule has 0 saturated carbocycles. The first-order valence-corrected chi connectivity index (χ1v) is 6.69. The van der Waals surface area contributed by atoms with Crippen molar-refractivity contribution in [1.29, 1.82) is 0 Å². The zero-order valence-electron chi connectivity index (χ0n) is 9.58. The minimum atomic E-state index is 0.731. The van der Waals surface area contributed by atoms with Crippen LogP contribution in [0.4, 0.5) is 5.69 Å². The van der Waals surface area contributed by atoms with Crippen molar-refractivity contribution in [1.82, 2.24) is 4.57 Å². The molecule has 1 aromatic heterocycles. The van der Waals surface area contributed by atoms with Crippen LogP contribution in [0.3, 0.4) is 0 Å². The Morgan fingerprint density at radius 1 is 1.35 bits per heavy atom. The molecule has 90 valence electrons. The number of aromatic nitrogens is 1. The minimum absolute atomic E-state index is 0.731. The van der Waals surface area contributed by atoms with E-state index in [1.165, 1.54) is 5.56 Å². The smallest absolute Gasteiger partial charge is 0.0648 e. The summed E-state index contributed by atoms with van der Waals surface area (Å²) in [6.45, 7) is 3.91. The second kappa shape index (κ2) is 5.61. The molecule has 2 rings (SSSR count). The maximum atomic E-state index is 6.13. The van der Waals surface area contributed by atoms with E-state index in [2.05, 4.69) is 51.2 Å². The van der Waals surface area contributed by atoms with Crippen molar-refractivity contribution in [2.24, 2.45) is 0 Å². The highest BCUT2D eigenvalue weighted by Crippen LogP contribution is 2.26. The summed E-state index contributed by atoms with van der Waals surface area (Å²) in [5, 5.41) is 4.06. The van der Waals surface area contributed by atoms with Crippen molar-refractivity contribution < 1.29 is 0 Å². The molecule has 1 heterocycles. The molecule has 1 N–H and O–H groups in total. The van der Waals surface area contributed by atoms with Crippen molar-refractivity contribution in [2.75, 3.05) is 5.32 Å². The second-order valence-corrected chi connectivity index (χ2v) is 5.15. The van der Waals surface area contributed by atoms with E-state index in [0.717, 1.165) is 28.3 Å². The summed E-state index contributed by atoms with van der Waals surface area (Å²) in [5.74, 6) is 0. The SMILES string of the molecule is CCn1ccc(CNc2ccc(Br)cc2Cl)c1. The standard InChI is InChI=1S/C13H14BrClN2/c1-2-17-6-5-10(9-17)8-16-13-4-3-11(14)7-12(13)15/h3-7,9,16H,2,8H2,1H3. The number of hydrogen-bond donors (Lipinski definition) is 1. The Labute approximate surface area is 115 Å². The van der Waals surface area contributed by atoms with Gasteiger partial charge in [0.05, 0.1) is 10.7 Å². The van der Waals surface area contributed by atoms with Gasteiger partial charge < -0.3 is 9.88 Å². The number of hydrogen-bond acceptors (Lipinski definition) is 1. The lowest BCUT2D eigenvalue weighted by Gasteiger charge is -2.07. The molecule has 1 aromatic carbocycles. The lowest BCUT2D eigenvalue weighted by atomic mass is 10.3. The molecular formula is C13H14BrClN2. The molecule has 0 aliphatic heterocycles. The van der Waals surface area contributed by atoms with Gasteiger partial charge in [0, 0.05) is 30.0 Å². The third-order valence-corrected chi connectivity index (χ3v) is 3.40. The molecule has 0 aliphatic rings. The van der Waals surface area contributed by atoms with Crippen LogP contribution in [0.25, 0.3) is 0 Å². The summed E-state index contributed by atoms with van der Waals surface area (Å²) in [7, 11) is 0. The number of nitrogens with zero attached hydrogens (tertiary/aromatic N) is 1. The monoisotopic (exact) mass is 312 g/mol. The Morgan fingerprint density at radius 3 is 2.82 bits per heavy atom. The van der Waals surface area contributed by atoms with Crippen molar-refractivity contribution in [3.8, 4) is 0 Å². The van der Waals surface area contributed by atoms with Crippen LogP contribution >= 0.6 is 27.5 Å². The van der Waals surface area contributed by atoms with Gasteiger partial charge in [0.1, 0.15) is 0 Å². The number of benzene rings is 1. The number of halogens is 2. The number of anilines is 1. The molecule has 0 radical (unpaired) electrons. The van der Waals surface area contributed by atoms with Gasteiger partial charge in [-0.05, 0) is 36.8 Å². The Hall–Kier alpha value is -0.930. The molecule has 0 bridgehead atoms. The molecule has 0 fully saturated rings. The summed E-state index contributed by atoms with van der Waals surface area (Å²) < 4.78 is 3.14. The summed E-state index contributed by atoms with van der Waals surface area (Å²) in [4.78, 5) is 0. The Morgan fingerprint density at radius 2 is 2.18 bits per heavy atom. The Balaban J connectivity index is 2.02. The zero-order valence-corrected chi connectivity index (χ0v) is 11.9. The van der Waals surface area contributed by atoms with E-state index in [9.17, 15) is 0 Å². The molecule has 2 nitrogen and oxygen atoms in total. The van der Waals surface area contributed by atoms with Crippen LogP contribution < -0.4 is 5.32 Å². The maximum Gasteiger partial charge on any atom is 0.0648 e. The van der Waals surface area contributed by atoms with Gasteiger partial charge in [0.25, 0.3) is 0 Å². The summed E-state index contributed by atoms with van der Waals surface area (Å²) in [5.41, 5.74) is 2.21. The molecule has 0 spiro atoms. The highest BCUT2D eigenvalue weighted by Gasteiger charge is 2.01. The van der Waals surface area contributed by atoms with Gasteiger partial charge in [-0.15, -0.1) is 0 Å². The summed E-state index contributed by atoms with van der Waals surface area (Å²) in [6.07, 6.45) is 4.22. The van der Waals surface area contributed by atoms with Crippen LogP contribution in [0.5, 0.6) is 0 Å². The summed E-state index contributed by atoms with van der Waals surface area (Å²) >= 11 is 9.52. The largest absolute Gasteiger partial charge is 0.380 e. The van der Waals surface area contributed by atoms with Gasteiger partial charge in [-0.3, -0.25) is 0 Å².